The Bertz CT molecular complexity index is 778. The summed E-state index contributed by atoms with van der Waals surface area (Å²) < 4.78 is 7.50. The molecule has 0 aromatic heterocycles. The Morgan fingerprint density at radius 2 is 1.97 bits per heavy atom. The SMILES string of the molecule is CC(C)C[C@@H](C(=O)NN1CCCCS1)[C@H](C/C=C/c1ccccc1)C(=O)NOC1CCCCO1. The van der Waals surface area contributed by atoms with Gasteiger partial charge in [0, 0.05) is 25.3 Å². The van der Waals surface area contributed by atoms with Gasteiger partial charge in [0.2, 0.25) is 11.8 Å². The van der Waals surface area contributed by atoms with E-state index in [1.165, 1.54) is 0 Å². The Labute approximate surface area is 208 Å². The first-order valence-corrected chi connectivity index (χ1v) is 13.5. The van der Waals surface area contributed by atoms with Crippen LogP contribution in [0.1, 0.15) is 64.4 Å². The van der Waals surface area contributed by atoms with Gasteiger partial charge in [0.1, 0.15) is 0 Å². The second-order valence-electron chi connectivity index (χ2n) is 9.39. The Hall–Kier alpha value is -1.87. The van der Waals surface area contributed by atoms with Crippen LogP contribution in [0.5, 0.6) is 0 Å². The third-order valence-corrected chi connectivity index (χ3v) is 7.11. The van der Waals surface area contributed by atoms with Gasteiger partial charge in [0.05, 0.1) is 11.8 Å². The molecule has 7 nitrogen and oxygen atoms in total. The van der Waals surface area contributed by atoms with Gasteiger partial charge in [-0.3, -0.25) is 15.0 Å². The van der Waals surface area contributed by atoms with Crippen LogP contribution in [0.2, 0.25) is 0 Å². The fourth-order valence-electron chi connectivity index (χ4n) is 4.23. The molecule has 2 fully saturated rings. The number of amides is 2. The van der Waals surface area contributed by atoms with E-state index in [0.717, 1.165) is 50.0 Å². The molecule has 0 radical (unpaired) electrons. The molecule has 188 valence electrons. The van der Waals surface area contributed by atoms with Crippen molar-refractivity contribution >= 4 is 29.8 Å². The van der Waals surface area contributed by atoms with Gasteiger partial charge in [0.25, 0.3) is 0 Å². The third kappa shape index (κ3) is 9.06. The van der Waals surface area contributed by atoms with Crippen LogP contribution < -0.4 is 10.9 Å². The number of carbonyl (C=O) groups is 2. The molecule has 1 unspecified atom stereocenters. The highest BCUT2D eigenvalue weighted by molar-refractivity contribution is 7.97. The molecule has 0 saturated carbocycles. The van der Waals surface area contributed by atoms with E-state index in [0.29, 0.717) is 19.4 Å². The lowest BCUT2D eigenvalue weighted by Crippen LogP contribution is -2.48. The van der Waals surface area contributed by atoms with E-state index in [1.54, 1.807) is 11.9 Å². The molecule has 2 N–H and O–H groups in total. The number of hydrazine groups is 1. The van der Waals surface area contributed by atoms with Gasteiger partial charge in [-0.15, -0.1) is 0 Å². The topological polar surface area (TPSA) is 79.9 Å². The monoisotopic (exact) mass is 489 g/mol. The molecule has 2 aliphatic heterocycles. The highest BCUT2D eigenvalue weighted by Crippen LogP contribution is 2.27. The molecule has 3 rings (SSSR count). The van der Waals surface area contributed by atoms with Crippen molar-refractivity contribution in [3.63, 3.8) is 0 Å². The zero-order valence-corrected chi connectivity index (χ0v) is 21.2. The molecule has 3 atom stereocenters. The summed E-state index contributed by atoms with van der Waals surface area (Å²) in [5.74, 6) is -0.154. The largest absolute Gasteiger partial charge is 0.350 e. The summed E-state index contributed by atoms with van der Waals surface area (Å²) in [5.41, 5.74) is 6.74. The highest BCUT2D eigenvalue weighted by atomic mass is 32.2. The maximum Gasteiger partial charge on any atom is 0.247 e. The Morgan fingerprint density at radius 3 is 2.65 bits per heavy atom. The van der Waals surface area contributed by atoms with Gasteiger partial charge in [-0.25, -0.2) is 10.3 Å². The number of benzene rings is 1. The van der Waals surface area contributed by atoms with E-state index in [-0.39, 0.29) is 17.7 Å². The second kappa shape index (κ2) is 14.5. The lowest BCUT2D eigenvalue weighted by atomic mass is 9.82. The van der Waals surface area contributed by atoms with Crippen LogP contribution in [0.25, 0.3) is 6.08 Å². The van der Waals surface area contributed by atoms with Crippen LogP contribution in [0.4, 0.5) is 0 Å². The van der Waals surface area contributed by atoms with E-state index < -0.39 is 18.1 Å². The minimum Gasteiger partial charge on any atom is -0.350 e. The normalized spacial score (nSPS) is 21.3. The lowest BCUT2D eigenvalue weighted by Gasteiger charge is -2.31. The molecule has 0 aliphatic carbocycles. The van der Waals surface area contributed by atoms with Gasteiger partial charge in [-0.2, -0.15) is 4.41 Å². The summed E-state index contributed by atoms with van der Waals surface area (Å²) >= 11 is 1.64. The molecule has 0 bridgehead atoms. The zero-order valence-electron chi connectivity index (χ0n) is 20.4. The Balaban J connectivity index is 1.72. The highest BCUT2D eigenvalue weighted by Gasteiger charge is 2.35. The van der Waals surface area contributed by atoms with Gasteiger partial charge in [-0.1, -0.05) is 68.3 Å². The van der Waals surface area contributed by atoms with Crippen LogP contribution in [0.3, 0.4) is 0 Å². The van der Waals surface area contributed by atoms with E-state index in [1.807, 2.05) is 46.9 Å². The third-order valence-electron chi connectivity index (χ3n) is 6.05. The Morgan fingerprint density at radius 1 is 1.15 bits per heavy atom. The molecule has 2 aliphatic rings. The first-order valence-electron chi connectivity index (χ1n) is 12.5. The lowest BCUT2D eigenvalue weighted by molar-refractivity contribution is -0.203. The first kappa shape index (κ1) is 26.7. The summed E-state index contributed by atoms with van der Waals surface area (Å²) in [5, 5.41) is 0. The van der Waals surface area contributed by atoms with Crippen LogP contribution in [-0.2, 0) is 19.2 Å². The van der Waals surface area contributed by atoms with E-state index in [2.05, 4.69) is 24.8 Å². The summed E-state index contributed by atoms with van der Waals surface area (Å²) in [6.07, 6.45) is 9.57. The molecule has 8 heteroatoms. The predicted octanol–water partition coefficient (Wildman–Crippen LogP) is 4.72. The average Bonchev–Trinajstić information content (AvgIpc) is 2.86. The minimum atomic E-state index is -0.555. The second-order valence-corrected chi connectivity index (χ2v) is 10.5. The molecular weight excluding hydrogens is 450 g/mol. The van der Waals surface area contributed by atoms with E-state index in [9.17, 15) is 9.59 Å². The van der Waals surface area contributed by atoms with Gasteiger partial charge in [0.15, 0.2) is 6.29 Å². The van der Waals surface area contributed by atoms with Crippen molar-refractivity contribution < 1.29 is 19.2 Å². The number of allylic oxidation sites excluding steroid dienone is 1. The van der Waals surface area contributed by atoms with Crippen molar-refractivity contribution in [3.8, 4) is 0 Å². The van der Waals surface area contributed by atoms with Crippen molar-refractivity contribution in [2.45, 2.75) is 65.1 Å². The van der Waals surface area contributed by atoms with Crippen molar-refractivity contribution in [1.82, 2.24) is 15.3 Å². The zero-order chi connectivity index (χ0) is 24.2. The molecule has 34 heavy (non-hydrogen) atoms. The Kier molecular flexibility index (Phi) is 11.4. The molecule has 0 spiro atoms. The quantitative estimate of drug-likeness (QED) is 0.346. The van der Waals surface area contributed by atoms with Crippen molar-refractivity contribution in [2.24, 2.45) is 17.8 Å². The van der Waals surface area contributed by atoms with Crippen molar-refractivity contribution in [2.75, 3.05) is 18.9 Å². The maximum absolute atomic E-state index is 13.4. The minimum absolute atomic E-state index is 0.106. The summed E-state index contributed by atoms with van der Waals surface area (Å²) in [4.78, 5) is 32.3. The molecule has 2 saturated heterocycles. The van der Waals surface area contributed by atoms with Crippen LogP contribution >= 0.6 is 11.9 Å². The smallest absolute Gasteiger partial charge is 0.247 e. The average molecular weight is 490 g/mol. The number of nitrogens with one attached hydrogen (secondary N) is 2. The number of rotatable bonds is 11. The molecular formula is C26H39N3O4S. The number of hydrogen-bond donors (Lipinski definition) is 2. The fourth-order valence-corrected chi connectivity index (χ4v) is 5.19. The standard InChI is InChI=1S/C26H39N3O4S/c1-20(2)19-23(25(30)27-29-16-7-9-18-34-29)22(14-10-13-21-11-4-3-5-12-21)26(31)28-33-24-15-6-8-17-32-24/h3-5,10-13,20,22-24H,6-9,14-19H2,1-2H3,(H,27,30)(H,28,31)/b13-10+/t22-,23+,24?/m0/s1. The van der Waals surface area contributed by atoms with E-state index >= 15 is 0 Å². The predicted molar refractivity (Wildman–Crippen MR) is 136 cm³/mol. The molecule has 2 amide bonds. The first-order chi connectivity index (χ1) is 16.5. The number of nitrogens with zero attached hydrogens (tertiary/aromatic N) is 1. The molecule has 1 aromatic carbocycles. The van der Waals surface area contributed by atoms with Gasteiger partial charge < -0.3 is 4.74 Å². The summed E-state index contributed by atoms with van der Waals surface area (Å²) in [7, 11) is 0. The summed E-state index contributed by atoms with van der Waals surface area (Å²) in [6, 6.07) is 9.96. The van der Waals surface area contributed by atoms with Gasteiger partial charge in [-0.05, 0) is 50.0 Å². The number of carbonyl (C=O) groups excluding carboxylic acids is 2. The van der Waals surface area contributed by atoms with Crippen LogP contribution in [-0.4, -0.2) is 41.4 Å². The number of hydrogen-bond acceptors (Lipinski definition) is 6. The van der Waals surface area contributed by atoms with Crippen LogP contribution in [0.15, 0.2) is 36.4 Å². The fraction of sp³-hybridized carbons (Fsp3) is 0.615. The number of hydroxylamine groups is 1. The molecule has 1 aromatic rings. The van der Waals surface area contributed by atoms with Crippen molar-refractivity contribution in [3.05, 3.63) is 42.0 Å². The van der Waals surface area contributed by atoms with Gasteiger partial charge >= 0.3 is 0 Å². The number of ether oxygens (including phenoxy) is 1. The van der Waals surface area contributed by atoms with Crippen LogP contribution in [0, 0.1) is 17.8 Å². The van der Waals surface area contributed by atoms with Crippen molar-refractivity contribution in [1.29, 1.82) is 0 Å². The summed E-state index contributed by atoms with van der Waals surface area (Å²) in [6.45, 7) is 5.61. The molecule has 2 heterocycles. The maximum atomic E-state index is 13.4. The van der Waals surface area contributed by atoms with E-state index in [4.69, 9.17) is 9.57 Å².